The van der Waals surface area contributed by atoms with Crippen LogP contribution in [0.15, 0.2) is 147 Å². The molecule has 0 heterocycles. The molecule has 5 aromatic rings. The van der Waals surface area contributed by atoms with Crippen LogP contribution in [0.4, 0.5) is 0 Å². The number of amides is 2. The van der Waals surface area contributed by atoms with Gasteiger partial charge in [-0.25, -0.2) is 10.9 Å². The Bertz CT molecular complexity index is 2130. The molecule has 0 unspecified atom stereocenters. The van der Waals surface area contributed by atoms with Crippen molar-refractivity contribution in [3.63, 3.8) is 0 Å². The van der Waals surface area contributed by atoms with E-state index in [1.165, 1.54) is 61.0 Å². The van der Waals surface area contributed by atoms with E-state index in [9.17, 15) is 26.4 Å². The number of carbonyl (C=O) groups is 2. The monoisotopic (exact) mass is 738 g/mol. The van der Waals surface area contributed by atoms with Crippen molar-refractivity contribution in [1.82, 2.24) is 10.9 Å². The fourth-order valence-corrected chi connectivity index (χ4v) is 6.49. The number of hydrazone groups is 2. The first-order chi connectivity index (χ1) is 24.9. The third-order valence-corrected chi connectivity index (χ3v) is 10.0. The zero-order chi connectivity index (χ0) is 37.1. The zero-order valence-electron chi connectivity index (χ0n) is 28.0. The molecule has 0 radical (unpaired) electrons. The Morgan fingerprint density at radius 1 is 0.577 bits per heavy atom. The maximum atomic E-state index is 13.2. The fraction of sp³-hybridized carbons (Fsp3) is 0.105. The second-order valence-electron chi connectivity index (χ2n) is 11.5. The van der Waals surface area contributed by atoms with Crippen LogP contribution in [0.25, 0.3) is 0 Å². The maximum absolute atomic E-state index is 13.2. The predicted molar refractivity (Wildman–Crippen MR) is 196 cm³/mol. The third kappa shape index (κ3) is 10.4. The highest BCUT2D eigenvalue weighted by Gasteiger charge is 2.27. The summed E-state index contributed by atoms with van der Waals surface area (Å²) in [7, 11) is -8.04. The largest absolute Gasteiger partial charge is 0.379 e. The summed E-state index contributed by atoms with van der Waals surface area (Å²) in [6.07, 6.45) is 2.74. The summed E-state index contributed by atoms with van der Waals surface area (Å²) in [4.78, 5) is 26.4. The summed E-state index contributed by atoms with van der Waals surface area (Å²) >= 11 is 0. The van der Waals surface area contributed by atoms with Gasteiger partial charge in [-0.3, -0.25) is 9.59 Å². The van der Waals surface area contributed by atoms with Gasteiger partial charge in [0.2, 0.25) is 0 Å². The lowest BCUT2D eigenvalue weighted by Gasteiger charge is -2.13. The lowest BCUT2D eigenvalue weighted by molar-refractivity contribution is -0.135. The highest BCUT2D eigenvalue weighted by atomic mass is 32.2. The average Bonchev–Trinajstić information content (AvgIpc) is 3.12. The lowest BCUT2D eigenvalue weighted by atomic mass is 9.98. The molecule has 2 amide bonds. The Morgan fingerprint density at radius 3 is 1.35 bits per heavy atom. The number of carbonyl (C=O) groups excluding carboxylic acids is 2. The summed E-state index contributed by atoms with van der Waals surface area (Å²) < 4.78 is 60.7. The minimum atomic E-state index is -4.02. The van der Waals surface area contributed by atoms with Crippen LogP contribution in [0, 0.1) is 19.8 Å². The first kappa shape index (κ1) is 37.1. The molecule has 0 aliphatic rings. The van der Waals surface area contributed by atoms with Crippen molar-refractivity contribution in [2.75, 3.05) is 0 Å². The SMILES string of the molecule is Cc1ccc(S(=O)(=O)Oc2ccc(/C=N\NC(=O)C(Cc3ccccc3)C(=O)N/N=C\c3ccc(OS(=O)(=O)c4ccc(C)cc4)cc3)cc2)cc1. The molecular formula is C38H34N4O8S2. The Labute approximate surface area is 302 Å². The number of nitrogens with zero attached hydrogens (tertiary/aromatic N) is 2. The molecule has 5 aromatic carbocycles. The number of rotatable bonds is 14. The molecule has 0 saturated carbocycles. The number of nitrogens with one attached hydrogen (secondary N) is 2. The van der Waals surface area contributed by atoms with E-state index in [1.807, 2.05) is 19.9 Å². The van der Waals surface area contributed by atoms with Crippen molar-refractivity contribution < 1.29 is 34.8 Å². The normalized spacial score (nSPS) is 11.8. The lowest BCUT2D eigenvalue weighted by Crippen LogP contribution is -2.39. The number of aryl methyl sites for hydroxylation is 2. The van der Waals surface area contributed by atoms with Crippen LogP contribution >= 0.6 is 0 Å². The Balaban J connectivity index is 1.18. The van der Waals surface area contributed by atoms with E-state index in [2.05, 4.69) is 21.1 Å². The van der Waals surface area contributed by atoms with Gasteiger partial charge in [-0.05, 0) is 110 Å². The predicted octanol–water partition coefficient (Wildman–Crippen LogP) is 5.30. The van der Waals surface area contributed by atoms with Gasteiger partial charge in [0.15, 0.2) is 0 Å². The van der Waals surface area contributed by atoms with Crippen molar-refractivity contribution in [2.45, 2.75) is 30.1 Å². The molecule has 0 bridgehead atoms. The molecule has 0 atom stereocenters. The molecule has 5 rings (SSSR count). The van der Waals surface area contributed by atoms with Crippen molar-refractivity contribution in [1.29, 1.82) is 0 Å². The first-order valence-electron chi connectivity index (χ1n) is 15.8. The molecule has 266 valence electrons. The van der Waals surface area contributed by atoms with E-state index in [1.54, 1.807) is 72.8 Å². The molecule has 0 spiro atoms. The molecule has 12 nitrogen and oxygen atoms in total. The van der Waals surface area contributed by atoms with Crippen molar-refractivity contribution in [3.05, 3.63) is 155 Å². The van der Waals surface area contributed by atoms with Crippen LogP contribution in [-0.2, 0) is 36.2 Å². The molecule has 0 saturated heterocycles. The molecule has 0 aliphatic carbocycles. The van der Waals surface area contributed by atoms with Crippen molar-refractivity contribution >= 4 is 44.5 Å². The van der Waals surface area contributed by atoms with Crippen LogP contribution in [0.3, 0.4) is 0 Å². The van der Waals surface area contributed by atoms with Crippen LogP contribution in [0.1, 0.15) is 27.8 Å². The van der Waals surface area contributed by atoms with Gasteiger partial charge >= 0.3 is 20.2 Å². The van der Waals surface area contributed by atoms with Crippen LogP contribution in [0.5, 0.6) is 11.5 Å². The van der Waals surface area contributed by atoms with E-state index >= 15 is 0 Å². The van der Waals surface area contributed by atoms with Gasteiger partial charge in [0, 0.05) is 0 Å². The highest BCUT2D eigenvalue weighted by Crippen LogP contribution is 2.21. The molecule has 2 N–H and O–H groups in total. The van der Waals surface area contributed by atoms with Crippen molar-refractivity contribution in [2.24, 2.45) is 16.1 Å². The van der Waals surface area contributed by atoms with Crippen LogP contribution in [0.2, 0.25) is 0 Å². The zero-order valence-corrected chi connectivity index (χ0v) is 29.7. The second-order valence-corrected chi connectivity index (χ2v) is 14.6. The number of hydrogen-bond acceptors (Lipinski definition) is 10. The minimum Gasteiger partial charge on any atom is -0.379 e. The van der Waals surface area contributed by atoms with Gasteiger partial charge in [-0.15, -0.1) is 0 Å². The molecule has 14 heteroatoms. The average molecular weight is 739 g/mol. The van der Waals surface area contributed by atoms with E-state index in [4.69, 9.17) is 8.37 Å². The van der Waals surface area contributed by atoms with E-state index in [0.717, 1.165) is 16.7 Å². The Hall–Kier alpha value is -6.12. The van der Waals surface area contributed by atoms with Gasteiger partial charge in [-0.2, -0.15) is 27.0 Å². The fourth-order valence-electron chi connectivity index (χ4n) is 4.63. The molecular weight excluding hydrogens is 705 g/mol. The summed E-state index contributed by atoms with van der Waals surface area (Å²) in [5.41, 5.74) is 8.39. The van der Waals surface area contributed by atoms with Gasteiger partial charge in [-0.1, -0.05) is 65.7 Å². The van der Waals surface area contributed by atoms with Gasteiger partial charge in [0.25, 0.3) is 11.8 Å². The summed E-state index contributed by atoms with van der Waals surface area (Å²) in [5, 5.41) is 7.95. The number of hydrogen-bond donors (Lipinski definition) is 2. The van der Waals surface area contributed by atoms with Gasteiger partial charge < -0.3 is 8.37 Å². The van der Waals surface area contributed by atoms with Gasteiger partial charge in [0.1, 0.15) is 27.2 Å². The minimum absolute atomic E-state index is 0.0275. The summed E-state index contributed by atoms with van der Waals surface area (Å²) in [5.74, 6) is -2.39. The van der Waals surface area contributed by atoms with E-state index in [0.29, 0.717) is 11.1 Å². The molecule has 0 aliphatic heterocycles. The Morgan fingerprint density at radius 2 is 0.962 bits per heavy atom. The highest BCUT2D eigenvalue weighted by molar-refractivity contribution is 7.87. The molecule has 52 heavy (non-hydrogen) atoms. The topological polar surface area (TPSA) is 170 Å². The van der Waals surface area contributed by atoms with Gasteiger partial charge in [0.05, 0.1) is 12.4 Å². The molecule has 0 aromatic heterocycles. The van der Waals surface area contributed by atoms with Crippen LogP contribution in [-0.4, -0.2) is 41.1 Å². The maximum Gasteiger partial charge on any atom is 0.339 e. The summed E-state index contributed by atoms with van der Waals surface area (Å²) in [6.45, 7) is 3.70. The third-order valence-electron chi connectivity index (χ3n) is 7.48. The molecule has 0 fully saturated rings. The smallest absolute Gasteiger partial charge is 0.339 e. The van der Waals surface area contributed by atoms with Crippen LogP contribution < -0.4 is 19.2 Å². The number of benzene rings is 5. The second kappa shape index (κ2) is 16.7. The van der Waals surface area contributed by atoms with E-state index < -0.39 is 38.0 Å². The van der Waals surface area contributed by atoms with E-state index in [-0.39, 0.29) is 27.7 Å². The first-order valence-corrected chi connectivity index (χ1v) is 18.6. The van der Waals surface area contributed by atoms with Crippen molar-refractivity contribution in [3.8, 4) is 11.5 Å². The quantitative estimate of drug-likeness (QED) is 0.0670. The Kier molecular flexibility index (Phi) is 11.9. The standard InChI is InChI=1S/C38H34N4O8S2/c1-27-8-20-34(21-9-27)51(45,46)49-32-16-12-30(13-17-32)25-39-41-37(43)36(24-29-6-4-3-5-7-29)38(44)42-40-26-31-14-18-33(19-15-31)50-52(47,48)35-22-10-28(2)11-23-35/h3-23,25-26,36H,24H2,1-2H3,(H,41,43)(H,42,44)/b39-25-,40-26-. The summed E-state index contributed by atoms with van der Waals surface area (Å²) in [6, 6.07) is 33.5.